The number of rotatable bonds is 4. The lowest BCUT2D eigenvalue weighted by Gasteiger charge is -2.23. The molecule has 1 aliphatic rings. The quantitative estimate of drug-likeness (QED) is 0.344. The van der Waals surface area contributed by atoms with Crippen LogP contribution in [0.5, 0.6) is 0 Å². The maximum absolute atomic E-state index is 13.1. The molecule has 8 nitrogen and oxygen atoms in total. The summed E-state index contributed by atoms with van der Waals surface area (Å²) >= 11 is 0. The first-order valence-corrected chi connectivity index (χ1v) is 11.6. The van der Waals surface area contributed by atoms with Gasteiger partial charge in [0.1, 0.15) is 23.3 Å². The number of ketones is 1. The first kappa shape index (κ1) is 22.5. The van der Waals surface area contributed by atoms with Crippen LogP contribution < -0.4 is 10.0 Å². The van der Waals surface area contributed by atoms with Crippen molar-refractivity contribution < 1.29 is 27.5 Å². The third kappa shape index (κ3) is 3.96. The Kier molecular flexibility index (Phi) is 5.47. The van der Waals surface area contributed by atoms with E-state index in [0.717, 1.165) is 11.1 Å². The van der Waals surface area contributed by atoms with Crippen molar-refractivity contribution in [3.05, 3.63) is 88.4 Å². The second-order valence-electron chi connectivity index (χ2n) is 7.96. The highest BCUT2D eigenvalue weighted by Crippen LogP contribution is 2.42. The van der Waals surface area contributed by atoms with Gasteiger partial charge in [0, 0.05) is 11.3 Å². The van der Waals surface area contributed by atoms with Gasteiger partial charge in [0.05, 0.1) is 10.5 Å². The number of aryl methyl sites for hydroxylation is 3. The first-order valence-electron chi connectivity index (χ1n) is 10.1. The van der Waals surface area contributed by atoms with E-state index in [1.807, 2.05) is 19.9 Å². The van der Waals surface area contributed by atoms with Gasteiger partial charge in [-0.3, -0.25) is 14.5 Å². The average Bonchev–Trinajstić information content (AvgIpc) is 3.30. The summed E-state index contributed by atoms with van der Waals surface area (Å²) in [5, 5.41) is 16.3. The number of primary sulfonamides is 1. The lowest BCUT2D eigenvalue weighted by molar-refractivity contribution is -0.132. The van der Waals surface area contributed by atoms with Crippen molar-refractivity contribution in [3.63, 3.8) is 0 Å². The van der Waals surface area contributed by atoms with Crippen LogP contribution >= 0.6 is 0 Å². The van der Waals surface area contributed by atoms with Crippen LogP contribution in [0.3, 0.4) is 0 Å². The Bertz CT molecular complexity index is 1420. The Labute approximate surface area is 191 Å². The molecule has 0 radical (unpaired) electrons. The molecule has 1 unspecified atom stereocenters. The third-order valence-corrected chi connectivity index (χ3v) is 6.63. The van der Waals surface area contributed by atoms with Crippen molar-refractivity contribution in [1.29, 1.82) is 0 Å². The van der Waals surface area contributed by atoms with E-state index in [2.05, 4.69) is 0 Å². The summed E-state index contributed by atoms with van der Waals surface area (Å²) in [5.41, 5.74) is 2.46. The van der Waals surface area contributed by atoms with Crippen LogP contribution in [0.2, 0.25) is 0 Å². The molecule has 1 aromatic heterocycles. The number of benzene rings is 2. The number of nitrogens with zero attached hydrogens (tertiary/aromatic N) is 1. The SMILES string of the molecule is Cc1ccc(C2/C(=C(/O)c3ccc(C)c(C)c3)C(=O)C(=O)N2c2ccc(S(N)(=O)=O)cc2)o1. The summed E-state index contributed by atoms with van der Waals surface area (Å²) in [6, 6.07) is 12.8. The summed E-state index contributed by atoms with van der Waals surface area (Å²) in [7, 11) is -3.94. The van der Waals surface area contributed by atoms with E-state index < -0.39 is 27.8 Å². The number of aliphatic hydroxyl groups is 1. The van der Waals surface area contributed by atoms with Crippen molar-refractivity contribution in [2.75, 3.05) is 4.90 Å². The number of furan rings is 1. The maximum atomic E-state index is 13.1. The predicted molar refractivity (Wildman–Crippen MR) is 122 cm³/mol. The lowest BCUT2D eigenvalue weighted by atomic mass is 9.97. The van der Waals surface area contributed by atoms with Crippen LogP contribution in [0.1, 0.15) is 34.3 Å². The third-order valence-electron chi connectivity index (χ3n) is 5.70. The zero-order chi connectivity index (χ0) is 24.1. The molecule has 0 bridgehead atoms. The Hall–Kier alpha value is -3.69. The Morgan fingerprint density at radius 2 is 1.64 bits per heavy atom. The van der Waals surface area contributed by atoms with Crippen LogP contribution in [0.15, 0.2) is 69.5 Å². The van der Waals surface area contributed by atoms with Crippen molar-refractivity contribution in [2.45, 2.75) is 31.7 Å². The van der Waals surface area contributed by atoms with Gasteiger partial charge in [-0.05, 0) is 74.4 Å². The van der Waals surface area contributed by atoms with Gasteiger partial charge in [0.25, 0.3) is 11.7 Å². The molecule has 4 rings (SSSR count). The van der Waals surface area contributed by atoms with Crippen LogP contribution in [0, 0.1) is 20.8 Å². The van der Waals surface area contributed by atoms with Gasteiger partial charge < -0.3 is 9.52 Å². The standard InChI is InChI=1S/C24H22N2O6S/c1-13-4-6-16(12-14(13)2)22(27)20-21(19-11-5-15(3)32-19)26(24(29)23(20)28)17-7-9-18(10-8-17)33(25,30)31/h4-12,21,27H,1-3H3,(H2,25,30,31)/b22-20-. The predicted octanol–water partition coefficient (Wildman–Crippen LogP) is 3.48. The normalized spacial score (nSPS) is 18.2. The molecule has 1 saturated heterocycles. The van der Waals surface area contributed by atoms with Crippen LogP contribution in [0.25, 0.3) is 5.76 Å². The van der Waals surface area contributed by atoms with E-state index in [9.17, 15) is 23.1 Å². The van der Waals surface area contributed by atoms with Gasteiger partial charge >= 0.3 is 0 Å². The van der Waals surface area contributed by atoms with E-state index in [4.69, 9.17) is 9.56 Å². The fourth-order valence-electron chi connectivity index (χ4n) is 3.81. The smallest absolute Gasteiger partial charge is 0.300 e. The molecule has 3 aromatic rings. The van der Waals surface area contributed by atoms with E-state index >= 15 is 0 Å². The largest absolute Gasteiger partial charge is 0.507 e. The Balaban J connectivity index is 1.91. The highest BCUT2D eigenvalue weighted by atomic mass is 32.2. The molecule has 2 heterocycles. The van der Waals surface area contributed by atoms with Crippen molar-refractivity contribution >= 4 is 33.2 Å². The average molecular weight is 467 g/mol. The number of nitrogens with two attached hydrogens (primary N) is 1. The Morgan fingerprint density at radius 1 is 0.970 bits per heavy atom. The fourth-order valence-corrected chi connectivity index (χ4v) is 4.32. The van der Waals surface area contributed by atoms with Gasteiger partial charge in [-0.25, -0.2) is 13.6 Å². The second kappa shape index (κ2) is 8.02. The van der Waals surface area contributed by atoms with Gasteiger partial charge in [0.15, 0.2) is 0 Å². The van der Waals surface area contributed by atoms with Gasteiger partial charge in [-0.15, -0.1) is 0 Å². The number of aliphatic hydroxyl groups excluding tert-OH is 1. The molecule has 1 aliphatic heterocycles. The molecule has 0 spiro atoms. The summed E-state index contributed by atoms with van der Waals surface area (Å²) in [6.07, 6.45) is 0. The molecule has 9 heteroatoms. The molecule has 1 atom stereocenters. The minimum atomic E-state index is -3.94. The number of hydrogen-bond acceptors (Lipinski definition) is 6. The molecule has 33 heavy (non-hydrogen) atoms. The molecular formula is C24H22N2O6S. The molecule has 2 aromatic carbocycles. The molecule has 1 amide bonds. The molecule has 0 aliphatic carbocycles. The molecule has 0 saturated carbocycles. The first-order chi connectivity index (χ1) is 15.5. The van der Waals surface area contributed by atoms with Gasteiger partial charge in [-0.1, -0.05) is 12.1 Å². The van der Waals surface area contributed by atoms with E-state index in [-0.39, 0.29) is 27.7 Å². The van der Waals surface area contributed by atoms with Crippen molar-refractivity contribution in [2.24, 2.45) is 5.14 Å². The number of carbonyl (C=O) groups is 2. The minimum absolute atomic E-state index is 0.117. The second-order valence-corrected chi connectivity index (χ2v) is 9.52. The maximum Gasteiger partial charge on any atom is 0.300 e. The molecule has 3 N–H and O–H groups in total. The number of sulfonamides is 1. The van der Waals surface area contributed by atoms with Crippen molar-refractivity contribution in [3.8, 4) is 0 Å². The number of amides is 1. The van der Waals surface area contributed by atoms with Gasteiger partial charge in [-0.2, -0.15) is 0 Å². The summed E-state index contributed by atoms with van der Waals surface area (Å²) in [4.78, 5) is 27.2. The number of anilines is 1. The highest BCUT2D eigenvalue weighted by Gasteiger charge is 2.48. The van der Waals surface area contributed by atoms with Crippen molar-refractivity contribution in [1.82, 2.24) is 0 Å². The Morgan fingerprint density at radius 3 is 2.18 bits per heavy atom. The number of carbonyl (C=O) groups excluding carboxylic acids is 2. The van der Waals surface area contributed by atoms with Crippen LogP contribution in [-0.4, -0.2) is 25.2 Å². The fraction of sp³-hybridized carbons (Fsp3) is 0.167. The van der Waals surface area contributed by atoms with E-state index in [1.54, 1.807) is 31.2 Å². The zero-order valence-electron chi connectivity index (χ0n) is 18.2. The lowest BCUT2D eigenvalue weighted by Crippen LogP contribution is -2.29. The minimum Gasteiger partial charge on any atom is -0.507 e. The van der Waals surface area contributed by atoms with Crippen LogP contribution in [-0.2, 0) is 19.6 Å². The van der Waals surface area contributed by atoms with Gasteiger partial charge in [0.2, 0.25) is 10.0 Å². The summed E-state index contributed by atoms with van der Waals surface area (Å²) < 4.78 is 29.0. The van der Waals surface area contributed by atoms with E-state index in [0.29, 0.717) is 11.3 Å². The number of hydrogen-bond donors (Lipinski definition) is 2. The monoisotopic (exact) mass is 466 g/mol. The molecule has 170 valence electrons. The summed E-state index contributed by atoms with van der Waals surface area (Å²) in [5.74, 6) is -1.22. The highest BCUT2D eigenvalue weighted by molar-refractivity contribution is 7.89. The summed E-state index contributed by atoms with van der Waals surface area (Å²) in [6.45, 7) is 5.53. The molecular weight excluding hydrogens is 444 g/mol. The number of Topliss-reactive ketones (excluding diaryl/α,β-unsaturated/α-hetero) is 1. The molecule has 1 fully saturated rings. The zero-order valence-corrected chi connectivity index (χ0v) is 19.0. The van der Waals surface area contributed by atoms with E-state index in [1.165, 1.54) is 29.2 Å². The van der Waals surface area contributed by atoms with Crippen LogP contribution in [0.4, 0.5) is 5.69 Å². The topological polar surface area (TPSA) is 131 Å².